The van der Waals surface area contributed by atoms with Gasteiger partial charge in [0.05, 0.1) is 11.4 Å². The monoisotopic (exact) mass is 203 g/mol. The fourth-order valence-corrected chi connectivity index (χ4v) is 1.55. The average molecular weight is 203 g/mol. The molecule has 0 aromatic carbocycles. The van der Waals surface area contributed by atoms with Gasteiger partial charge in [-0.15, -0.1) is 4.98 Å². The highest BCUT2D eigenvalue weighted by atomic mass is 14.9. The molecule has 0 aliphatic rings. The first kappa shape index (κ1) is 11.6. The minimum Gasteiger partial charge on any atom is -0.359 e. The molecule has 0 aliphatic carbocycles. The summed E-state index contributed by atoms with van der Waals surface area (Å²) in [4.78, 5) is 12.3. The molecule has 1 aromatic rings. The summed E-state index contributed by atoms with van der Waals surface area (Å²) < 4.78 is 0. The van der Waals surface area contributed by atoms with Crippen LogP contribution in [-0.4, -0.2) is 9.97 Å². The first-order valence-electron chi connectivity index (χ1n) is 5.23. The highest BCUT2D eigenvalue weighted by Gasteiger charge is 2.17. The van der Waals surface area contributed by atoms with Crippen molar-refractivity contribution in [1.29, 1.82) is 0 Å². The third-order valence-electron chi connectivity index (χ3n) is 2.31. The maximum Gasteiger partial charge on any atom is 0.291 e. The van der Waals surface area contributed by atoms with Crippen LogP contribution in [0.2, 0.25) is 0 Å². The Morgan fingerprint density at radius 1 is 1.00 bits per heavy atom. The van der Waals surface area contributed by atoms with Crippen molar-refractivity contribution in [2.24, 2.45) is 0 Å². The van der Waals surface area contributed by atoms with Gasteiger partial charge in [-0.1, -0.05) is 34.3 Å². The molecule has 0 atom stereocenters. The van der Waals surface area contributed by atoms with Gasteiger partial charge < -0.3 is 4.85 Å². The van der Waals surface area contributed by atoms with E-state index in [9.17, 15) is 0 Å². The predicted octanol–water partition coefficient (Wildman–Crippen LogP) is 3.58. The Balaban J connectivity index is 3.39. The minimum atomic E-state index is 0.250. The molecule has 15 heavy (non-hydrogen) atoms. The van der Waals surface area contributed by atoms with E-state index in [1.54, 1.807) is 0 Å². The fraction of sp³-hybridized carbons (Fsp3) is 0.583. The van der Waals surface area contributed by atoms with Crippen LogP contribution in [0.25, 0.3) is 4.85 Å². The number of aryl methyl sites for hydroxylation is 1. The van der Waals surface area contributed by atoms with Crippen LogP contribution in [0.1, 0.15) is 56.6 Å². The number of rotatable bonds is 2. The van der Waals surface area contributed by atoms with E-state index in [1.807, 2.05) is 20.8 Å². The zero-order chi connectivity index (χ0) is 11.6. The summed E-state index contributed by atoms with van der Waals surface area (Å²) in [5.74, 6) is 1.06. The van der Waals surface area contributed by atoms with E-state index in [0.29, 0.717) is 11.7 Å². The minimum absolute atomic E-state index is 0.250. The Morgan fingerprint density at radius 2 is 1.53 bits per heavy atom. The lowest BCUT2D eigenvalue weighted by atomic mass is 10.1. The summed E-state index contributed by atoms with van der Waals surface area (Å²) in [5.41, 5.74) is 2.70. The second kappa shape index (κ2) is 4.39. The Hall–Kier alpha value is -1.43. The summed E-state index contributed by atoms with van der Waals surface area (Å²) in [7, 11) is 0. The molecule has 3 nitrogen and oxygen atoms in total. The molecular formula is C12H17N3. The van der Waals surface area contributed by atoms with Gasteiger partial charge >= 0.3 is 0 Å². The third kappa shape index (κ3) is 2.33. The van der Waals surface area contributed by atoms with Crippen LogP contribution in [0.4, 0.5) is 5.82 Å². The van der Waals surface area contributed by atoms with E-state index in [-0.39, 0.29) is 5.92 Å². The molecule has 0 saturated carbocycles. The van der Waals surface area contributed by atoms with Crippen LogP contribution in [0, 0.1) is 13.5 Å². The molecule has 1 rings (SSSR count). The molecular weight excluding hydrogens is 186 g/mol. The first-order chi connectivity index (χ1) is 6.97. The molecule has 0 amide bonds. The fourth-order valence-electron chi connectivity index (χ4n) is 1.55. The lowest BCUT2D eigenvalue weighted by Crippen LogP contribution is -2.05. The van der Waals surface area contributed by atoms with Crippen LogP contribution in [0.5, 0.6) is 0 Å². The first-order valence-corrected chi connectivity index (χ1v) is 5.23. The summed E-state index contributed by atoms with van der Waals surface area (Å²) in [6, 6.07) is 0. The van der Waals surface area contributed by atoms with Gasteiger partial charge in [0.1, 0.15) is 5.69 Å². The van der Waals surface area contributed by atoms with E-state index >= 15 is 0 Å². The number of nitrogens with zero attached hydrogens (tertiary/aromatic N) is 3. The largest absolute Gasteiger partial charge is 0.359 e. The molecule has 0 saturated heterocycles. The number of hydrogen-bond donors (Lipinski definition) is 0. The van der Waals surface area contributed by atoms with E-state index in [0.717, 1.165) is 17.1 Å². The second-order valence-corrected chi connectivity index (χ2v) is 4.32. The summed E-state index contributed by atoms with van der Waals surface area (Å²) in [6.45, 7) is 17.3. The molecule has 0 bridgehead atoms. The molecule has 1 aromatic heterocycles. The normalized spacial score (nSPS) is 10.8. The van der Waals surface area contributed by atoms with Gasteiger partial charge in [0.15, 0.2) is 0 Å². The zero-order valence-corrected chi connectivity index (χ0v) is 10.00. The van der Waals surface area contributed by atoms with Crippen molar-refractivity contribution in [3.8, 4) is 0 Å². The van der Waals surface area contributed by atoms with Crippen molar-refractivity contribution in [3.63, 3.8) is 0 Å². The van der Waals surface area contributed by atoms with E-state index in [4.69, 9.17) is 6.57 Å². The Bertz CT molecular complexity index is 400. The van der Waals surface area contributed by atoms with Gasteiger partial charge in [-0.2, -0.15) is 0 Å². The van der Waals surface area contributed by atoms with Gasteiger partial charge in [-0.3, -0.25) is 4.98 Å². The van der Waals surface area contributed by atoms with Gasteiger partial charge in [-0.25, -0.2) is 0 Å². The molecule has 0 fully saturated rings. The smallest absolute Gasteiger partial charge is 0.291 e. The lowest BCUT2D eigenvalue weighted by Gasteiger charge is -2.11. The van der Waals surface area contributed by atoms with Gasteiger partial charge in [0, 0.05) is 6.92 Å². The Morgan fingerprint density at radius 3 is 1.93 bits per heavy atom. The molecule has 1 heterocycles. The molecule has 0 N–H and O–H groups in total. The van der Waals surface area contributed by atoms with E-state index in [1.165, 1.54) is 0 Å². The predicted molar refractivity (Wildman–Crippen MR) is 61.2 cm³/mol. The quantitative estimate of drug-likeness (QED) is 0.688. The zero-order valence-electron chi connectivity index (χ0n) is 10.00. The Kier molecular flexibility index (Phi) is 3.41. The molecule has 0 spiro atoms. The van der Waals surface area contributed by atoms with Crippen molar-refractivity contribution in [3.05, 3.63) is 28.5 Å². The summed E-state index contributed by atoms with van der Waals surface area (Å²) in [6.07, 6.45) is 0. The Labute approximate surface area is 91.4 Å². The number of aromatic nitrogens is 2. The van der Waals surface area contributed by atoms with Crippen molar-refractivity contribution in [1.82, 2.24) is 9.97 Å². The highest BCUT2D eigenvalue weighted by Crippen LogP contribution is 2.26. The van der Waals surface area contributed by atoms with Gasteiger partial charge in [0.2, 0.25) is 0 Å². The van der Waals surface area contributed by atoms with Crippen molar-refractivity contribution in [2.75, 3.05) is 0 Å². The molecule has 3 heteroatoms. The summed E-state index contributed by atoms with van der Waals surface area (Å²) in [5, 5.41) is 0. The van der Waals surface area contributed by atoms with Crippen LogP contribution in [-0.2, 0) is 0 Å². The second-order valence-electron chi connectivity index (χ2n) is 4.32. The van der Waals surface area contributed by atoms with Crippen LogP contribution in [0.3, 0.4) is 0 Å². The van der Waals surface area contributed by atoms with Crippen molar-refractivity contribution in [2.45, 2.75) is 46.5 Å². The maximum absolute atomic E-state index is 7.07. The number of hydrogen-bond acceptors (Lipinski definition) is 2. The average Bonchev–Trinajstić information content (AvgIpc) is 2.16. The topological polar surface area (TPSA) is 30.1 Å². The summed E-state index contributed by atoms with van der Waals surface area (Å²) >= 11 is 0. The third-order valence-corrected chi connectivity index (χ3v) is 2.31. The SMILES string of the molecule is [C-]#[N+]c1nc(C)c(C(C)C)nc1C(C)C. The van der Waals surface area contributed by atoms with Crippen molar-refractivity contribution < 1.29 is 0 Å². The van der Waals surface area contributed by atoms with Gasteiger partial charge in [-0.05, 0) is 11.8 Å². The highest BCUT2D eigenvalue weighted by molar-refractivity contribution is 5.44. The van der Waals surface area contributed by atoms with Gasteiger partial charge in [0.25, 0.3) is 5.82 Å². The molecule has 80 valence electrons. The van der Waals surface area contributed by atoms with Crippen LogP contribution >= 0.6 is 0 Å². The van der Waals surface area contributed by atoms with Crippen LogP contribution < -0.4 is 0 Å². The van der Waals surface area contributed by atoms with Crippen molar-refractivity contribution >= 4 is 5.82 Å². The standard InChI is InChI=1S/C12H17N3/c1-7(2)10-9(5)14-12(13-6)11(15-10)8(3)4/h7-8H,1-5H3. The molecule has 0 aliphatic heterocycles. The molecule has 0 radical (unpaired) electrons. The van der Waals surface area contributed by atoms with E-state index < -0.39 is 0 Å². The van der Waals surface area contributed by atoms with E-state index in [2.05, 4.69) is 28.7 Å². The molecule has 0 unspecified atom stereocenters. The maximum atomic E-state index is 7.07. The lowest BCUT2D eigenvalue weighted by molar-refractivity contribution is 0.745. The van der Waals surface area contributed by atoms with Crippen LogP contribution in [0.15, 0.2) is 0 Å².